The summed E-state index contributed by atoms with van der Waals surface area (Å²) < 4.78 is 68.5. The monoisotopic (exact) mass is 619 g/mol. The molecule has 1 saturated heterocycles. The first-order valence-electron chi connectivity index (χ1n) is 11.8. The zero-order valence-electron chi connectivity index (χ0n) is 21.3. The molecule has 13 heteroatoms. The van der Waals surface area contributed by atoms with Crippen LogP contribution in [0.25, 0.3) is 0 Å². The minimum atomic E-state index is -5.24. The summed E-state index contributed by atoms with van der Waals surface area (Å²) in [5, 5.41) is 2.12. The molecule has 0 aliphatic carbocycles. The van der Waals surface area contributed by atoms with Gasteiger partial charge in [0.25, 0.3) is 0 Å². The molecule has 0 aromatic heterocycles. The number of hydrogen-bond donors (Lipinski definition) is 1. The number of methoxy groups -OCH3 is 1. The fourth-order valence-electron chi connectivity index (χ4n) is 3.83. The molecule has 212 valence electrons. The Kier molecular flexibility index (Phi) is 10.8. The van der Waals surface area contributed by atoms with Crippen LogP contribution in [0.2, 0.25) is 5.32 Å². The third-order valence-electron chi connectivity index (χ3n) is 5.54. The second kappa shape index (κ2) is 13.8. The molecule has 2 aromatic carbocycles. The van der Waals surface area contributed by atoms with Crippen LogP contribution in [0.3, 0.4) is 0 Å². The number of alkyl halides is 3. The van der Waals surface area contributed by atoms with Gasteiger partial charge in [-0.15, -0.1) is 0 Å². The first-order chi connectivity index (χ1) is 18.5. The Bertz CT molecular complexity index is 1120. The Morgan fingerprint density at radius 3 is 2.13 bits per heavy atom. The van der Waals surface area contributed by atoms with Crippen LogP contribution in [0.5, 0.6) is 5.75 Å². The van der Waals surface area contributed by atoms with Gasteiger partial charge >= 0.3 is 229 Å². The van der Waals surface area contributed by atoms with Gasteiger partial charge in [-0.1, -0.05) is 0 Å². The van der Waals surface area contributed by atoms with Crippen LogP contribution in [-0.2, 0) is 39.9 Å². The fraction of sp³-hybridized carbons (Fsp3) is 0.423. The molecule has 3 rings (SSSR count). The van der Waals surface area contributed by atoms with Gasteiger partial charge in [0, 0.05) is 0 Å². The number of esters is 2. The van der Waals surface area contributed by atoms with Crippen LogP contribution in [0, 0.1) is 0 Å². The number of carbonyl (C=O) groups excluding carboxylic acids is 3. The van der Waals surface area contributed by atoms with E-state index in [1.54, 1.807) is 24.3 Å². The van der Waals surface area contributed by atoms with Crippen molar-refractivity contribution >= 4 is 37.3 Å². The molecule has 1 fully saturated rings. The van der Waals surface area contributed by atoms with Gasteiger partial charge in [0.15, 0.2) is 0 Å². The van der Waals surface area contributed by atoms with Crippen molar-refractivity contribution in [3.05, 3.63) is 60.2 Å². The maximum absolute atomic E-state index is 13.2. The van der Waals surface area contributed by atoms with Gasteiger partial charge in [0.05, 0.1) is 0 Å². The first-order valence-corrected chi connectivity index (χ1v) is 13.8. The number of ether oxygens (including phenoxy) is 5. The van der Waals surface area contributed by atoms with Gasteiger partial charge in [0.2, 0.25) is 0 Å². The zero-order valence-corrected chi connectivity index (χ0v) is 23.0. The SMILES string of the molecule is COc1ccc(CO[C@@H]2O[C@H](C[Se]c3ccccc3)[C@@H](OC(C)=O)[C@H](OC(C)=O)[C@H]2NC(=O)C(F)(F)F)cc1. The molecule has 5 atom stereocenters. The molecule has 0 radical (unpaired) electrons. The summed E-state index contributed by atoms with van der Waals surface area (Å²) in [7, 11) is 1.50. The van der Waals surface area contributed by atoms with E-state index in [9.17, 15) is 27.6 Å². The molecule has 1 aliphatic rings. The third kappa shape index (κ3) is 8.96. The zero-order chi connectivity index (χ0) is 28.6. The summed E-state index contributed by atoms with van der Waals surface area (Å²) in [6, 6.07) is 14.4. The molecule has 1 amide bonds. The molecule has 0 bridgehead atoms. The van der Waals surface area contributed by atoms with Crippen LogP contribution >= 0.6 is 0 Å². The van der Waals surface area contributed by atoms with Crippen LogP contribution < -0.4 is 14.5 Å². The summed E-state index contributed by atoms with van der Waals surface area (Å²) in [6.07, 6.45) is -10.5. The van der Waals surface area contributed by atoms with Crippen molar-refractivity contribution in [1.29, 1.82) is 0 Å². The number of halogens is 3. The van der Waals surface area contributed by atoms with Gasteiger partial charge in [0.1, 0.15) is 0 Å². The predicted octanol–water partition coefficient (Wildman–Crippen LogP) is 2.30. The second-order valence-electron chi connectivity index (χ2n) is 8.47. The normalized spacial score (nSPS) is 23.0. The maximum atomic E-state index is 13.2. The van der Waals surface area contributed by atoms with Crippen molar-refractivity contribution in [1.82, 2.24) is 5.32 Å². The molecule has 0 unspecified atom stereocenters. The van der Waals surface area contributed by atoms with Crippen molar-refractivity contribution in [2.45, 2.75) is 62.6 Å². The molecule has 1 aliphatic heterocycles. The topological polar surface area (TPSA) is 109 Å². The van der Waals surface area contributed by atoms with Crippen molar-refractivity contribution in [2.75, 3.05) is 7.11 Å². The second-order valence-corrected chi connectivity index (χ2v) is 10.8. The average molecular weight is 618 g/mol. The van der Waals surface area contributed by atoms with E-state index >= 15 is 0 Å². The van der Waals surface area contributed by atoms with E-state index in [0.717, 1.165) is 18.3 Å². The number of nitrogens with one attached hydrogen (secondary N) is 1. The van der Waals surface area contributed by atoms with E-state index in [4.69, 9.17) is 23.7 Å². The average Bonchev–Trinajstić information content (AvgIpc) is 2.89. The van der Waals surface area contributed by atoms with E-state index in [1.807, 2.05) is 35.6 Å². The Balaban J connectivity index is 1.94. The molecule has 9 nitrogen and oxygen atoms in total. The first kappa shape index (κ1) is 30.4. The van der Waals surface area contributed by atoms with E-state index in [2.05, 4.69) is 0 Å². The van der Waals surface area contributed by atoms with E-state index < -0.39 is 54.7 Å². The minimum absolute atomic E-state index is 0.116. The van der Waals surface area contributed by atoms with Gasteiger partial charge < -0.3 is 0 Å². The molecule has 1 heterocycles. The Morgan fingerprint density at radius 1 is 0.949 bits per heavy atom. The molecular weight excluding hydrogens is 590 g/mol. The molecule has 0 saturated carbocycles. The Hall–Kier alpha value is -3.12. The summed E-state index contributed by atoms with van der Waals surface area (Å²) in [4.78, 5) is 36.0. The van der Waals surface area contributed by atoms with E-state index in [-0.39, 0.29) is 21.6 Å². The molecule has 2 aromatic rings. The standard InChI is InChI=1S/C26H28F3NO8Se/c1-15(31)36-22-20(14-39-19-7-5-4-6-8-19)38-24(35-13-17-9-11-18(34-3)12-10-17)21(23(22)37-16(2)32)30-25(33)26(27,28)29/h4-12,20-24H,13-14H2,1-3H3,(H,30,33)/t20-,21-,22-,23-,24-/m1/s1. The molecule has 1 N–H and O–H groups in total. The third-order valence-corrected chi connectivity index (χ3v) is 7.85. The summed E-state index contributed by atoms with van der Waals surface area (Å²) in [6.45, 7) is 2.05. The van der Waals surface area contributed by atoms with Gasteiger partial charge in [-0.2, -0.15) is 0 Å². The van der Waals surface area contributed by atoms with Crippen LogP contribution in [-0.4, -0.2) is 76.7 Å². The number of amides is 1. The quantitative estimate of drug-likeness (QED) is 0.320. The van der Waals surface area contributed by atoms with Gasteiger partial charge in [-0.3, -0.25) is 0 Å². The molecule has 39 heavy (non-hydrogen) atoms. The van der Waals surface area contributed by atoms with E-state index in [1.165, 1.54) is 7.11 Å². The van der Waals surface area contributed by atoms with Gasteiger partial charge in [-0.25, -0.2) is 0 Å². The number of rotatable bonds is 10. The predicted molar refractivity (Wildman–Crippen MR) is 132 cm³/mol. The summed E-state index contributed by atoms with van der Waals surface area (Å²) in [5.41, 5.74) is 0.636. The number of benzene rings is 2. The van der Waals surface area contributed by atoms with Crippen LogP contribution in [0.4, 0.5) is 13.2 Å². The van der Waals surface area contributed by atoms with Crippen LogP contribution in [0.15, 0.2) is 54.6 Å². The molecular formula is C26H28F3NO8Se. The Morgan fingerprint density at radius 2 is 1.56 bits per heavy atom. The molecule has 0 spiro atoms. The fourth-order valence-corrected chi connectivity index (χ4v) is 5.87. The summed E-state index contributed by atoms with van der Waals surface area (Å²) in [5.74, 6) is -3.33. The van der Waals surface area contributed by atoms with Crippen LogP contribution in [0.1, 0.15) is 19.4 Å². The Labute approximate surface area is 229 Å². The van der Waals surface area contributed by atoms with E-state index in [0.29, 0.717) is 16.6 Å². The van der Waals surface area contributed by atoms with Crippen molar-refractivity contribution in [3.63, 3.8) is 0 Å². The van der Waals surface area contributed by atoms with Crippen molar-refractivity contribution in [2.24, 2.45) is 0 Å². The summed E-state index contributed by atoms with van der Waals surface area (Å²) >= 11 is -0.215. The number of carbonyl (C=O) groups is 3. The van der Waals surface area contributed by atoms with Crippen molar-refractivity contribution in [3.8, 4) is 5.75 Å². The van der Waals surface area contributed by atoms with Crippen molar-refractivity contribution < 1.29 is 51.2 Å². The number of hydrogen-bond acceptors (Lipinski definition) is 8. The van der Waals surface area contributed by atoms with Gasteiger partial charge in [-0.05, 0) is 0 Å².